The summed E-state index contributed by atoms with van der Waals surface area (Å²) < 4.78 is 24.7. The predicted molar refractivity (Wildman–Crippen MR) is 77.5 cm³/mol. The molecule has 24 heavy (non-hydrogen) atoms. The first-order valence-corrected chi connectivity index (χ1v) is 7.04. The second-order valence-corrected chi connectivity index (χ2v) is 5.37. The average Bonchev–Trinajstić information content (AvgIpc) is 3.02. The Morgan fingerprint density at radius 3 is 2.92 bits per heavy atom. The van der Waals surface area contributed by atoms with Gasteiger partial charge in [0.2, 0.25) is 0 Å². The Morgan fingerprint density at radius 1 is 1.54 bits per heavy atom. The number of carbonyl (C=O) groups excluding carboxylic acids is 3. The van der Waals surface area contributed by atoms with E-state index in [9.17, 15) is 18.8 Å². The number of furan rings is 1. The van der Waals surface area contributed by atoms with Gasteiger partial charge >= 0.3 is 17.7 Å². The maximum Gasteiger partial charge on any atom is 0.360 e. The number of hydrogen-bond acceptors (Lipinski definition) is 7. The van der Waals surface area contributed by atoms with Crippen molar-refractivity contribution in [1.29, 1.82) is 0 Å². The predicted octanol–water partition coefficient (Wildman–Crippen LogP) is 0.703. The number of nitrogens with one attached hydrogen (secondary N) is 2. The molecule has 9 nitrogen and oxygen atoms in total. The molecular formula is C14H16FN3O6. The number of oxime groups is 1. The minimum absolute atomic E-state index is 0.0739. The monoisotopic (exact) mass is 341 g/mol. The summed E-state index contributed by atoms with van der Waals surface area (Å²) in [7, 11) is 0. The molecule has 0 bridgehead atoms. The molecule has 0 aliphatic carbocycles. The molecule has 10 heteroatoms. The Labute approximate surface area is 136 Å². The van der Waals surface area contributed by atoms with Crippen molar-refractivity contribution in [2.24, 2.45) is 11.1 Å². The normalized spacial score (nSPS) is 23.9. The fraction of sp³-hybridized carbons (Fsp3) is 0.429. The van der Waals surface area contributed by atoms with Crippen LogP contribution in [-0.4, -0.2) is 42.6 Å². The second kappa shape index (κ2) is 7.11. The molecule has 1 fully saturated rings. The van der Waals surface area contributed by atoms with Gasteiger partial charge in [0.05, 0.1) is 12.9 Å². The first-order valence-electron chi connectivity index (χ1n) is 7.04. The van der Waals surface area contributed by atoms with Crippen molar-refractivity contribution in [2.75, 3.05) is 6.61 Å². The molecule has 2 heterocycles. The molecular weight excluding hydrogens is 325 g/mol. The number of alkyl halides is 1. The Hall–Kier alpha value is -2.91. The lowest BCUT2D eigenvalue weighted by Crippen LogP contribution is -2.70. The lowest BCUT2D eigenvalue weighted by Gasteiger charge is -2.32. The molecule has 1 aromatic heterocycles. The summed E-state index contributed by atoms with van der Waals surface area (Å²) in [5.74, 6) is -2.76. The fourth-order valence-electron chi connectivity index (χ4n) is 1.72. The number of halogens is 1. The summed E-state index contributed by atoms with van der Waals surface area (Å²) in [6, 6.07) is 2.10. The van der Waals surface area contributed by atoms with E-state index in [0.717, 1.165) is 6.21 Å². The largest absolute Gasteiger partial charge is 0.463 e. The van der Waals surface area contributed by atoms with Gasteiger partial charge in [0.1, 0.15) is 12.0 Å². The summed E-state index contributed by atoms with van der Waals surface area (Å²) in [5, 5.41) is 7.05. The van der Waals surface area contributed by atoms with Crippen molar-refractivity contribution < 1.29 is 32.8 Å². The van der Waals surface area contributed by atoms with Crippen LogP contribution in [0.25, 0.3) is 0 Å². The van der Waals surface area contributed by atoms with Crippen molar-refractivity contribution in [3.05, 3.63) is 24.2 Å². The number of nitrogens with zero attached hydrogens (tertiary/aromatic N) is 1. The Bertz CT molecular complexity index is 645. The fourth-order valence-corrected chi connectivity index (χ4v) is 1.72. The Balaban J connectivity index is 2.15. The molecule has 2 rings (SSSR count). The second-order valence-electron chi connectivity index (χ2n) is 5.37. The standard InChI is InChI=1S/C14H16FN3O6/c1-8(2)7-23-12(20)14(15)10(19)17-13(21)18-11(14)24-16-6-9-4-3-5-22-9/h3-6,8,11H,7H2,1-2H3,(H2,17,18,19,21). The number of esters is 1. The lowest BCUT2D eigenvalue weighted by atomic mass is 10.0. The molecule has 2 unspecified atom stereocenters. The molecule has 1 aliphatic rings. The van der Waals surface area contributed by atoms with Crippen LogP contribution in [0.2, 0.25) is 0 Å². The molecule has 1 aliphatic heterocycles. The first kappa shape index (κ1) is 17.4. The maximum absolute atomic E-state index is 15.0. The quantitative estimate of drug-likeness (QED) is 0.340. The molecule has 2 atom stereocenters. The van der Waals surface area contributed by atoms with E-state index >= 15 is 0 Å². The first-order chi connectivity index (χ1) is 11.3. The highest BCUT2D eigenvalue weighted by Crippen LogP contribution is 2.24. The van der Waals surface area contributed by atoms with Crippen molar-refractivity contribution >= 4 is 24.1 Å². The van der Waals surface area contributed by atoms with Crippen molar-refractivity contribution in [3.8, 4) is 0 Å². The van der Waals surface area contributed by atoms with Gasteiger partial charge in [0, 0.05) is 0 Å². The minimum Gasteiger partial charge on any atom is -0.463 e. The zero-order valence-electron chi connectivity index (χ0n) is 12.9. The van der Waals surface area contributed by atoms with E-state index in [1.807, 2.05) is 5.32 Å². The zero-order chi connectivity index (χ0) is 17.7. The van der Waals surface area contributed by atoms with E-state index < -0.39 is 29.8 Å². The Morgan fingerprint density at radius 2 is 2.29 bits per heavy atom. The third-order valence-corrected chi connectivity index (χ3v) is 2.92. The summed E-state index contributed by atoms with van der Waals surface area (Å²) in [4.78, 5) is 39.9. The van der Waals surface area contributed by atoms with Gasteiger partial charge in [-0.15, -0.1) is 0 Å². The van der Waals surface area contributed by atoms with E-state index in [4.69, 9.17) is 14.0 Å². The van der Waals surface area contributed by atoms with Crippen LogP contribution < -0.4 is 10.6 Å². The number of hydrogen-bond donors (Lipinski definition) is 2. The third kappa shape index (κ3) is 3.70. The van der Waals surface area contributed by atoms with Crippen molar-refractivity contribution in [3.63, 3.8) is 0 Å². The zero-order valence-corrected chi connectivity index (χ0v) is 12.9. The highest BCUT2D eigenvalue weighted by Gasteiger charge is 2.61. The van der Waals surface area contributed by atoms with Gasteiger partial charge in [-0.25, -0.2) is 14.0 Å². The van der Waals surface area contributed by atoms with Gasteiger partial charge in [0.15, 0.2) is 0 Å². The van der Waals surface area contributed by atoms with E-state index in [0.29, 0.717) is 0 Å². The average molecular weight is 341 g/mol. The molecule has 0 aromatic carbocycles. The highest BCUT2D eigenvalue weighted by atomic mass is 19.1. The molecule has 0 spiro atoms. The molecule has 0 saturated carbocycles. The molecule has 130 valence electrons. The topological polar surface area (TPSA) is 119 Å². The van der Waals surface area contributed by atoms with Gasteiger partial charge in [-0.3, -0.25) is 15.4 Å². The smallest absolute Gasteiger partial charge is 0.360 e. The molecule has 1 saturated heterocycles. The number of amides is 3. The molecule has 0 radical (unpaired) electrons. The van der Waals surface area contributed by atoms with Gasteiger partial charge < -0.3 is 14.0 Å². The van der Waals surface area contributed by atoms with E-state index in [-0.39, 0.29) is 18.3 Å². The Kier molecular flexibility index (Phi) is 5.17. The highest BCUT2D eigenvalue weighted by molar-refractivity contribution is 6.14. The van der Waals surface area contributed by atoms with Crippen molar-refractivity contribution in [1.82, 2.24) is 10.6 Å². The summed E-state index contributed by atoms with van der Waals surface area (Å²) in [6.07, 6.45) is 0.475. The summed E-state index contributed by atoms with van der Waals surface area (Å²) in [5.41, 5.74) is -3.27. The van der Waals surface area contributed by atoms with Gasteiger partial charge in [-0.05, 0) is 18.1 Å². The van der Waals surface area contributed by atoms with Crippen LogP contribution in [0.1, 0.15) is 19.6 Å². The lowest BCUT2D eigenvalue weighted by molar-refractivity contribution is -0.180. The van der Waals surface area contributed by atoms with E-state index in [2.05, 4.69) is 5.16 Å². The number of imide groups is 1. The van der Waals surface area contributed by atoms with Gasteiger partial charge in [0.25, 0.3) is 12.1 Å². The summed E-state index contributed by atoms with van der Waals surface area (Å²) in [6.45, 7) is 3.37. The van der Waals surface area contributed by atoms with Gasteiger partial charge in [-0.2, -0.15) is 0 Å². The number of urea groups is 1. The van der Waals surface area contributed by atoms with E-state index in [1.54, 1.807) is 31.3 Å². The molecule has 1 aromatic rings. The van der Waals surface area contributed by atoms with Crippen LogP contribution in [0.15, 0.2) is 28.0 Å². The molecule has 2 N–H and O–H groups in total. The van der Waals surface area contributed by atoms with E-state index in [1.165, 1.54) is 6.26 Å². The van der Waals surface area contributed by atoms with Crippen LogP contribution in [0.3, 0.4) is 0 Å². The third-order valence-electron chi connectivity index (χ3n) is 2.92. The molecule has 3 amide bonds. The van der Waals surface area contributed by atoms with Crippen LogP contribution in [0.5, 0.6) is 0 Å². The van der Waals surface area contributed by atoms with Crippen LogP contribution >= 0.6 is 0 Å². The van der Waals surface area contributed by atoms with Crippen molar-refractivity contribution in [2.45, 2.75) is 25.7 Å². The minimum atomic E-state index is -3.27. The van der Waals surface area contributed by atoms with Gasteiger partial charge in [-0.1, -0.05) is 19.0 Å². The number of carbonyl (C=O) groups is 3. The summed E-state index contributed by atoms with van der Waals surface area (Å²) >= 11 is 0. The van der Waals surface area contributed by atoms with Crippen LogP contribution in [0, 0.1) is 5.92 Å². The van der Waals surface area contributed by atoms with Crippen LogP contribution in [-0.2, 0) is 19.2 Å². The van der Waals surface area contributed by atoms with Crippen LogP contribution in [0.4, 0.5) is 9.18 Å². The maximum atomic E-state index is 15.0. The number of ether oxygens (including phenoxy) is 1. The SMILES string of the molecule is CC(C)COC(=O)C1(F)C(=O)NC(=O)NC1ON=Cc1ccco1. The number of rotatable bonds is 6.